The van der Waals surface area contributed by atoms with Crippen LogP contribution in [0.1, 0.15) is 72.9 Å². The van der Waals surface area contributed by atoms with Gasteiger partial charge in [0, 0.05) is 23.8 Å². The molecule has 2 aromatic rings. The zero-order valence-corrected chi connectivity index (χ0v) is 17.9. The molecule has 3 aliphatic carbocycles. The van der Waals surface area contributed by atoms with Crippen LogP contribution in [0, 0.1) is 29.0 Å². The van der Waals surface area contributed by atoms with Crippen molar-refractivity contribution in [2.75, 3.05) is 0 Å². The third-order valence-electron chi connectivity index (χ3n) is 8.46. The number of hydrogen-bond acceptors (Lipinski definition) is 3. The molecule has 2 fully saturated rings. The molecule has 2 saturated carbocycles. The first-order valence-corrected chi connectivity index (χ1v) is 11.5. The highest BCUT2D eigenvalue weighted by molar-refractivity contribution is 5.96. The summed E-state index contributed by atoms with van der Waals surface area (Å²) in [6.07, 6.45) is 5.59. The van der Waals surface area contributed by atoms with Crippen molar-refractivity contribution in [3.05, 3.63) is 65.0 Å². The van der Waals surface area contributed by atoms with E-state index < -0.39 is 0 Å². The second-order valence-electron chi connectivity index (χ2n) is 10.0. The first-order chi connectivity index (χ1) is 14.9. The van der Waals surface area contributed by atoms with Crippen molar-refractivity contribution >= 4 is 11.6 Å². The number of carbonyl (C=O) groups excluding carboxylic acids is 2. The van der Waals surface area contributed by atoms with E-state index in [9.17, 15) is 19.1 Å². The van der Waals surface area contributed by atoms with Gasteiger partial charge >= 0.3 is 0 Å². The van der Waals surface area contributed by atoms with Gasteiger partial charge in [-0.05, 0) is 103 Å². The minimum atomic E-state index is -0.340. The van der Waals surface area contributed by atoms with Gasteiger partial charge in [0.15, 0.2) is 5.78 Å². The Hall–Kier alpha value is -2.49. The number of carbonyl (C=O) groups is 2. The van der Waals surface area contributed by atoms with Crippen LogP contribution in [-0.4, -0.2) is 16.7 Å². The van der Waals surface area contributed by atoms with Crippen LogP contribution in [0.3, 0.4) is 0 Å². The Bertz CT molecular complexity index is 1030. The van der Waals surface area contributed by atoms with Crippen LogP contribution in [0.25, 0.3) is 0 Å². The topological polar surface area (TPSA) is 54.4 Å². The lowest BCUT2D eigenvalue weighted by Crippen LogP contribution is -2.44. The van der Waals surface area contributed by atoms with Gasteiger partial charge in [0.1, 0.15) is 17.3 Å². The molecule has 3 nitrogen and oxygen atoms in total. The quantitative estimate of drug-likeness (QED) is 0.632. The molecule has 0 aliphatic heterocycles. The average molecular weight is 421 g/mol. The number of hydrogen-bond donors (Lipinski definition) is 1. The number of aromatic hydroxyl groups is 1. The number of fused-ring (bicyclic) bond motifs is 5. The molecule has 0 radical (unpaired) electrons. The summed E-state index contributed by atoms with van der Waals surface area (Å²) >= 11 is 0. The fourth-order valence-corrected chi connectivity index (χ4v) is 6.99. The lowest BCUT2D eigenvalue weighted by atomic mass is 9.54. The Morgan fingerprint density at radius 2 is 1.94 bits per heavy atom. The molecule has 162 valence electrons. The molecular formula is C27H29FO3. The van der Waals surface area contributed by atoms with E-state index in [0.29, 0.717) is 54.1 Å². The fraction of sp³-hybridized carbons (Fsp3) is 0.481. The van der Waals surface area contributed by atoms with Gasteiger partial charge in [-0.15, -0.1) is 0 Å². The highest BCUT2D eigenvalue weighted by atomic mass is 19.1. The third-order valence-corrected chi connectivity index (χ3v) is 8.46. The molecule has 0 heterocycles. The summed E-state index contributed by atoms with van der Waals surface area (Å²) in [4.78, 5) is 25.8. The van der Waals surface area contributed by atoms with E-state index in [0.717, 1.165) is 25.7 Å². The molecule has 0 saturated heterocycles. The van der Waals surface area contributed by atoms with Gasteiger partial charge < -0.3 is 5.11 Å². The largest absolute Gasteiger partial charge is 0.508 e. The molecule has 0 aromatic heterocycles. The first kappa shape index (κ1) is 20.4. The summed E-state index contributed by atoms with van der Waals surface area (Å²) < 4.78 is 13.2. The molecule has 4 heteroatoms. The number of phenols is 1. The van der Waals surface area contributed by atoms with Gasteiger partial charge in [-0.1, -0.05) is 13.0 Å². The molecule has 31 heavy (non-hydrogen) atoms. The fourth-order valence-electron chi connectivity index (χ4n) is 6.99. The standard InChI is InChI=1S/C27H29FO3/c1-27-13-12-22-21-10-8-20(29)14-17(21)4-9-23(22)26(27)18(15-25(27)31)5-11-24(30)16-2-6-19(28)7-3-16/h2-3,6-8,10,14,18,22-23,26,29H,4-5,9,11-13,15H2,1H3/t18-,22+,23+,26-,27+/m0/s1. The Balaban J connectivity index is 1.37. The average Bonchev–Trinajstić information content (AvgIpc) is 3.02. The van der Waals surface area contributed by atoms with Crippen LogP contribution in [0.5, 0.6) is 5.75 Å². The van der Waals surface area contributed by atoms with Gasteiger partial charge in [0.25, 0.3) is 0 Å². The van der Waals surface area contributed by atoms with E-state index in [4.69, 9.17) is 0 Å². The number of Topliss-reactive ketones (excluding diaryl/α,β-unsaturated/α-hetero) is 2. The van der Waals surface area contributed by atoms with Crippen molar-refractivity contribution in [1.82, 2.24) is 0 Å². The zero-order valence-electron chi connectivity index (χ0n) is 17.9. The molecular weight excluding hydrogens is 391 g/mol. The SMILES string of the molecule is C[C@]12CC[C@@H]3c4ccc(O)cc4CC[C@H]3[C@@H]1[C@@H](CCC(=O)c1ccc(F)cc1)CC2=O. The van der Waals surface area contributed by atoms with E-state index in [1.54, 1.807) is 18.2 Å². The molecule has 0 amide bonds. The maximum Gasteiger partial charge on any atom is 0.162 e. The molecule has 2 aromatic carbocycles. The van der Waals surface area contributed by atoms with Gasteiger partial charge in [0.2, 0.25) is 0 Å². The summed E-state index contributed by atoms with van der Waals surface area (Å²) in [6.45, 7) is 2.16. The summed E-state index contributed by atoms with van der Waals surface area (Å²) in [5.41, 5.74) is 2.86. The number of aryl methyl sites for hydroxylation is 1. The Kier molecular flexibility index (Phi) is 4.99. The number of phenolic OH excluding ortho intramolecular Hbond substituents is 1. The summed E-state index contributed by atoms with van der Waals surface area (Å²) in [7, 11) is 0. The second-order valence-corrected chi connectivity index (χ2v) is 10.0. The molecule has 0 spiro atoms. The monoisotopic (exact) mass is 420 g/mol. The van der Waals surface area contributed by atoms with Gasteiger partial charge in [-0.3, -0.25) is 9.59 Å². The van der Waals surface area contributed by atoms with Gasteiger partial charge in [0.05, 0.1) is 0 Å². The first-order valence-electron chi connectivity index (χ1n) is 11.5. The zero-order chi connectivity index (χ0) is 21.8. The van der Waals surface area contributed by atoms with Crippen molar-refractivity contribution in [2.24, 2.45) is 23.2 Å². The van der Waals surface area contributed by atoms with Crippen molar-refractivity contribution in [1.29, 1.82) is 0 Å². The minimum Gasteiger partial charge on any atom is -0.508 e. The van der Waals surface area contributed by atoms with Gasteiger partial charge in [-0.2, -0.15) is 0 Å². The van der Waals surface area contributed by atoms with Crippen LogP contribution in [0.15, 0.2) is 42.5 Å². The van der Waals surface area contributed by atoms with E-state index in [-0.39, 0.29) is 22.9 Å². The Morgan fingerprint density at radius 1 is 1.16 bits per heavy atom. The maximum absolute atomic E-state index is 13.2. The molecule has 3 aliphatic rings. The molecule has 5 rings (SSSR count). The predicted molar refractivity (Wildman–Crippen MR) is 117 cm³/mol. The van der Waals surface area contributed by atoms with Gasteiger partial charge in [-0.25, -0.2) is 4.39 Å². The Labute approximate surface area is 182 Å². The van der Waals surface area contributed by atoms with Crippen LogP contribution in [0.4, 0.5) is 4.39 Å². The van der Waals surface area contributed by atoms with Crippen LogP contribution >= 0.6 is 0 Å². The molecule has 0 unspecified atom stereocenters. The van der Waals surface area contributed by atoms with E-state index in [2.05, 4.69) is 13.0 Å². The summed E-state index contributed by atoms with van der Waals surface area (Å²) in [5, 5.41) is 9.89. The third kappa shape index (κ3) is 3.40. The lowest BCUT2D eigenvalue weighted by Gasteiger charge is -2.50. The van der Waals surface area contributed by atoms with Crippen molar-refractivity contribution in [3.63, 3.8) is 0 Å². The summed E-state index contributed by atoms with van der Waals surface area (Å²) in [5.74, 6) is 1.80. The lowest BCUT2D eigenvalue weighted by molar-refractivity contribution is -0.129. The molecule has 0 bridgehead atoms. The number of benzene rings is 2. The van der Waals surface area contributed by atoms with Crippen LogP contribution < -0.4 is 0 Å². The smallest absolute Gasteiger partial charge is 0.162 e. The second kappa shape index (κ2) is 7.58. The normalized spacial score (nSPS) is 31.6. The van der Waals surface area contributed by atoms with Crippen molar-refractivity contribution in [2.45, 2.75) is 57.8 Å². The number of rotatable bonds is 4. The van der Waals surface area contributed by atoms with E-state index in [1.807, 2.05) is 6.07 Å². The predicted octanol–water partition coefficient (Wildman–Crippen LogP) is 5.85. The minimum absolute atomic E-state index is 0.0258. The summed E-state index contributed by atoms with van der Waals surface area (Å²) in [6, 6.07) is 11.5. The maximum atomic E-state index is 13.2. The number of ketones is 2. The van der Waals surface area contributed by atoms with Crippen LogP contribution in [0.2, 0.25) is 0 Å². The van der Waals surface area contributed by atoms with Crippen LogP contribution in [-0.2, 0) is 11.2 Å². The molecule has 5 atom stereocenters. The Morgan fingerprint density at radius 3 is 2.71 bits per heavy atom. The van der Waals surface area contributed by atoms with E-state index in [1.165, 1.54) is 23.3 Å². The highest BCUT2D eigenvalue weighted by Gasteiger charge is 2.58. The molecule has 1 N–H and O–H groups in total. The van der Waals surface area contributed by atoms with E-state index >= 15 is 0 Å². The number of halogens is 1. The van der Waals surface area contributed by atoms with Crippen molar-refractivity contribution < 1.29 is 19.1 Å². The van der Waals surface area contributed by atoms with Crippen molar-refractivity contribution in [3.8, 4) is 5.75 Å². The highest BCUT2D eigenvalue weighted by Crippen LogP contribution is 2.62.